The van der Waals surface area contributed by atoms with Crippen LogP contribution < -0.4 is 10.1 Å². The van der Waals surface area contributed by atoms with Crippen molar-refractivity contribution < 1.29 is 9.47 Å². The molecule has 0 bridgehead atoms. The number of nitrogens with one attached hydrogen (secondary N) is 1. The van der Waals surface area contributed by atoms with Crippen LogP contribution in [0.25, 0.3) is 21.9 Å². The lowest BCUT2D eigenvalue weighted by molar-refractivity contribution is 0.110. The first-order chi connectivity index (χ1) is 14.3. The second kappa shape index (κ2) is 9.10. The van der Waals surface area contributed by atoms with Crippen LogP contribution >= 0.6 is 0 Å². The van der Waals surface area contributed by atoms with Crippen LogP contribution in [0, 0.1) is 0 Å². The van der Waals surface area contributed by atoms with E-state index in [1.807, 2.05) is 6.92 Å². The summed E-state index contributed by atoms with van der Waals surface area (Å²) < 4.78 is 11.9. The molecule has 0 amide bonds. The van der Waals surface area contributed by atoms with E-state index in [0.29, 0.717) is 19.8 Å². The van der Waals surface area contributed by atoms with Gasteiger partial charge in [0.25, 0.3) is 0 Å². The number of hydrogen-bond acceptors (Lipinski definition) is 4. The summed E-state index contributed by atoms with van der Waals surface area (Å²) in [6, 6.07) is 19.5. The molecule has 1 N–H and O–H groups in total. The third-order valence-electron chi connectivity index (χ3n) is 5.26. The number of benzene rings is 3. The van der Waals surface area contributed by atoms with Crippen LogP contribution in [0.2, 0.25) is 0 Å². The number of nitrogens with zero attached hydrogens (tertiary/aromatic N) is 1. The Bertz CT molecular complexity index is 1010. The fourth-order valence-electron chi connectivity index (χ4n) is 3.77. The lowest BCUT2D eigenvalue weighted by atomic mass is 9.93. The standard InChI is InChI=1S/C25H28N2O2/c1-3-18-9-11-19(12-10-18)23-21-8-6-5-7-20(21)17-22(25-26-13-14-27-25)24(23)29-16-15-28-4-2/h5-12,17H,3-4,13-16H2,1-2H3,(H,26,27). The molecule has 4 rings (SSSR count). The number of ether oxygens (including phenoxy) is 2. The first kappa shape index (κ1) is 19.5. The van der Waals surface area contributed by atoms with Gasteiger partial charge in [-0.15, -0.1) is 0 Å². The number of aryl methyl sites for hydroxylation is 1. The summed E-state index contributed by atoms with van der Waals surface area (Å²) in [6.07, 6.45) is 1.03. The highest BCUT2D eigenvalue weighted by Crippen LogP contribution is 2.40. The van der Waals surface area contributed by atoms with Crippen LogP contribution in [0.15, 0.2) is 59.6 Å². The highest BCUT2D eigenvalue weighted by Gasteiger charge is 2.21. The first-order valence-electron chi connectivity index (χ1n) is 10.5. The minimum atomic E-state index is 0.506. The zero-order valence-electron chi connectivity index (χ0n) is 17.2. The average Bonchev–Trinajstić information content (AvgIpc) is 3.31. The van der Waals surface area contributed by atoms with Crippen molar-refractivity contribution in [3.05, 3.63) is 65.7 Å². The molecule has 4 nitrogen and oxygen atoms in total. The lowest BCUT2D eigenvalue weighted by Gasteiger charge is -2.19. The topological polar surface area (TPSA) is 42.9 Å². The SMILES string of the molecule is CCOCCOc1c(C2=NCCN2)cc2ccccc2c1-c1ccc(CC)cc1. The summed E-state index contributed by atoms with van der Waals surface area (Å²) in [5, 5.41) is 5.79. The van der Waals surface area contributed by atoms with E-state index in [-0.39, 0.29) is 0 Å². The van der Waals surface area contributed by atoms with Gasteiger partial charge in [-0.25, -0.2) is 0 Å². The predicted octanol–water partition coefficient (Wildman–Crippen LogP) is 4.83. The van der Waals surface area contributed by atoms with Gasteiger partial charge in [-0.2, -0.15) is 0 Å². The monoisotopic (exact) mass is 388 g/mol. The van der Waals surface area contributed by atoms with Crippen molar-refractivity contribution in [3.63, 3.8) is 0 Å². The molecule has 0 radical (unpaired) electrons. The van der Waals surface area contributed by atoms with Crippen LogP contribution in [0.5, 0.6) is 5.75 Å². The van der Waals surface area contributed by atoms with Crippen LogP contribution in [0.1, 0.15) is 25.0 Å². The van der Waals surface area contributed by atoms with Crippen LogP contribution in [-0.4, -0.2) is 38.7 Å². The molecule has 1 heterocycles. The van der Waals surface area contributed by atoms with Gasteiger partial charge in [0.1, 0.15) is 18.2 Å². The predicted molar refractivity (Wildman–Crippen MR) is 120 cm³/mol. The molecule has 0 atom stereocenters. The van der Waals surface area contributed by atoms with E-state index in [1.54, 1.807) is 0 Å². The van der Waals surface area contributed by atoms with Gasteiger partial charge in [-0.05, 0) is 41.3 Å². The van der Waals surface area contributed by atoms with Gasteiger partial charge in [0.15, 0.2) is 0 Å². The fourth-order valence-corrected chi connectivity index (χ4v) is 3.77. The number of fused-ring (bicyclic) bond motifs is 1. The zero-order valence-corrected chi connectivity index (χ0v) is 17.2. The van der Waals surface area contributed by atoms with Gasteiger partial charge in [-0.1, -0.05) is 55.5 Å². The van der Waals surface area contributed by atoms with Gasteiger partial charge in [0, 0.05) is 18.7 Å². The number of rotatable bonds is 8. The van der Waals surface area contributed by atoms with Crippen molar-refractivity contribution in [2.45, 2.75) is 20.3 Å². The maximum absolute atomic E-state index is 6.36. The molecule has 150 valence electrons. The largest absolute Gasteiger partial charge is 0.490 e. The van der Waals surface area contributed by atoms with Crippen molar-refractivity contribution >= 4 is 16.6 Å². The molecule has 0 aromatic heterocycles. The molecule has 1 aliphatic rings. The number of aliphatic imine (C=N–C) groups is 1. The highest BCUT2D eigenvalue weighted by molar-refractivity contribution is 6.11. The van der Waals surface area contributed by atoms with E-state index in [2.05, 4.69) is 71.8 Å². The summed E-state index contributed by atoms with van der Waals surface area (Å²) in [6.45, 7) is 7.59. The Morgan fingerprint density at radius 2 is 1.83 bits per heavy atom. The van der Waals surface area contributed by atoms with Crippen molar-refractivity contribution in [1.82, 2.24) is 5.32 Å². The molecule has 0 saturated heterocycles. The van der Waals surface area contributed by atoms with E-state index in [9.17, 15) is 0 Å². The van der Waals surface area contributed by atoms with E-state index in [0.717, 1.165) is 47.8 Å². The molecular formula is C25H28N2O2. The fraction of sp³-hybridized carbons (Fsp3) is 0.320. The highest BCUT2D eigenvalue weighted by atomic mass is 16.5. The Morgan fingerprint density at radius 3 is 2.55 bits per heavy atom. The molecule has 0 fully saturated rings. The summed E-state index contributed by atoms with van der Waals surface area (Å²) in [5.74, 6) is 1.79. The molecule has 1 aliphatic heterocycles. The van der Waals surface area contributed by atoms with E-state index < -0.39 is 0 Å². The van der Waals surface area contributed by atoms with Crippen molar-refractivity contribution in [3.8, 4) is 16.9 Å². The number of amidine groups is 1. The Labute approximate surface area is 172 Å². The average molecular weight is 389 g/mol. The lowest BCUT2D eigenvalue weighted by Crippen LogP contribution is -2.21. The Morgan fingerprint density at radius 1 is 1.00 bits per heavy atom. The molecule has 29 heavy (non-hydrogen) atoms. The van der Waals surface area contributed by atoms with Crippen LogP contribution in [-0.2, 0) is 11.2 Å². The van der Waals surface area contributed by atoms with Crippen molar-refractivity contribution in [1.29, 1.82) is 0 Å². The summed E-state index contributed by atoms with van der Waals surface area (Å²) >= 11 is 0. The first-order valence-corrected chi connectivity index (χ1v) is 10.5. The molecule has 0 spiro atoms. The minimum absolute atomic E-state index is 0.506. The Balaban J connectivity index is 1.90. The Hall–Kier alpha value is -2.85. The molecule has 3 aromatic rings. The molecule has 0 saturated carbocycles. The van der Waals surface area contributed by atoms with Gasteiger partial charge < -0.3 is 14.8 Å². The van der Waals surface area contributed by atoms with Crippen LogP contribution in [0.3, 0.4) is 0 Å². The van der Waals surface area contributed by atoms with Gasteiger partial charge in [-0.3, -0.25) is 4.99 Å². The molecular weight excluding hydrogens is 360 g/mol. The van der Waals surface area contributed by atoms with Crippen LogP contribution in [0.4, 0.5) is 0 Å². The third-order valence-corrected chi connectivity index (χ3v) is 5.26. The van der Waals surface area contributed by atoms with Gasteiger partial charge in [0.2, 0.25) is 0 Å². The molecule has 0 aliphatic carbocycles. The van der Waals surface area contributed by atoms with Gasteiger partial charge in [0.05, 0.1) is 18.7 Å². The quantitative estimate of drug-likeness (QED) is 0.562. The zero-order chi connectivity index (χ0) is 20.1. The minimum Gasteiger partial charge on any atom is -0.490 e. The second-order valence-electron chi connectivity index (χ2n) is 7.10. The second-order valence-corrected chi connectivity index (χ2v) is 7.10. The maximum atomic E-state index is 6.36. The van der Waals surface area contributed by atoms with E-state index in [4.69, 9.17) is 9.47 Å². The van der Waals surface area contributed by atoms with Crippen molar-refractivity contribution in [2.24, 2.45) is 4.99 Å². The normalized spacial score (nSPS) is 13.4. The summed E-state index contributed by atoms with van der Waals surface area (Å²) in [4.78, 5) is 4.67. The molecule has 3 aromatic carbocycles. The molecule has 4 heteroatoms. The Kier molecular flexibility index (Phi) is 6.11. The van der Waals surface area contributed by atoms with Gasteiger partial charge >= 0.3 is 0 Å². The smallest absolute Gasteiger partial charge is 0.138 e. The van der Waals surface area contributed by atoms with Crippen molar-refractivity contribution in [2.75, 3.05) is 32.9 Å². The summed E-state index contributed by atoms with van der Waals surface area (Å²) in [5.41, 5.74) is 4.63. The maximum Gasteiger partial charge on any atom is 0.138 e. The molecule has 0 unspecified atom stereocenters. The summed E-state index contributed by atoms with van der Waals surface area (Å²) in [7, 11) is 0. The number of hydrogen-bond donors (Lipinski definition) is 1. The third kappa shape index (κ3) is 4.13. The van der Waals surface area contributed by atoms with E-state index >= 15 is 0 Å². The van der Waals surface area contributed by atoms with E-state index in [1.165, 1.54) is 16.3 Å².